The van der Waals surface area contributed by atoms with Gasteiger partial charge in [0.1, 0.15) is 0 Å². The van der Waals surface area contributed by atoms with E-state index in [4.69, 9.17) is 4.74 Å². The Hall–Kier alpha value is -1.72. The Kier molecular flexibility index (Phi) is 6.39. The Labute approximate surface area is 198 Å². The normalized spacial score (nSPS) is 22.1. The SMILES string of the molecule is O=S(=O)(Nc1cscn1)c1cc2c(cc1F)[C@@H](I1CCCC[C@H]1c1ccccc1)CCO2. The number of hydrogen-bond acceptors (Lipinski definition) is 5. The molecule has 1 fully saturated rings. The van der Waals surface area contributed by atoms with Crippen molar-refractivity contribution in [1.29, 1.82) is 0 Å². The number of sulfonamides is 1. The Balaban J connectivity index is 1.49. The van der Waals surface area contributed by atoms with E-state index in [0.29, 0.717) is 20.2 Å². The van der Waals surface area contributed by atoms with Gasteiger partial charge >= 0.3 is 200 Å². The van der Waals surface area contributed by atoms with Gasteiger partial charge in [0.15, 0.2) is 0 Å². The molecular weight excluding hydrogens is 562 g/mol. The van der Waals surface area contributed by atoms with Gasteiger partial charge in [0.2, 0.25) is 0 Å². The maximum atomic E-state index is 15.2. The summed E-state index contributed by atoms with van der Waals surface area (Å²) >= 11 is -0.286. The molecule has 0 aliphatic carbocycles. The molecule has 0 bridgehead atoms. The number of ether oxygens (including phenoxy) is 1. The first-order valence-corrected chi connectivity index (χ1v) is 17.0. The zero-order chi connectivity index (χ0) is 22.1. The number of alkyl halides is 3. The fraction of sp³-hybridized carbons (Fsp3) is 0.348. The molecular formula is C23H24FIN2O3S2. The molecule has 3 aromatic rings. The molecule has 0 saturated carbocycles. The van der Waals surface area contributed by atoms with Gasteiger partial charge in [-0.05, 0) is 0 Å². The maximum absolute atomic E-state index is 15.2. The number of benzene rings is 2. The molecule has 5 rings (SSSR count). The molecule has 1 N–H and O–H groups in total. The molecule has 0 spiro atoms. The van der Waals surface area contributed by atoms with Crippen LogP contribution in [0.5, 0.6) is 5.75 Å². The number of halogens is 2. The molecule has 5 nitrogen and oxygen atoms in total. The summed E-state index contributed by atoms with van der Waals surface area (Å²) in [7, 11) is -4.09. The van der Waals surface area contributed by atoms with Crippen LogP contribution in [0.2, 0.25) is 0 Å². The third kappa shape index (κ3) is 4.38. The van der Waals surface area contributed by atoms with E-state index in [1.807, 2.05) is 6.07 Å². The van der Waals surface area contributed by atoms with E-state index in [2.05, 4.69) is 34.0 Å². The molecule has 1 aromatic heterocycles. The summed E-state index contributed by atoms with van der Waals surface area (Å²) in [6.45, 7) is 0.539. The van der Waals surface area contributed by atoms with Crippen molar-refractivity contribution in [1.82, 2.24) is 4.98 Å². The summed E-state index contributed by atoms with van der Waals surface area (Å²) in [6, 6.07) is 13.5. The summed E-state index contributed by atoms with van der Waals surface area (Å²) in [4.78, 5) is 3.54. The fourth-order valence-electron chi connectivity index (χ4n) is 4.45. The van der Waals surface area contributed by atoms with Crippen LogP contribution in [0.3, 0.4) is 0 Å². The van der Waals surface area contributed by atoms with Gasteiger partial charge in [-0.1, -0.05) is 0 Å². The molecule has 170 valence electrons. The van der Waals surface area contributed by atoms with Crippen LogP contribution in [0.15, 0.2) is 58.3 Å². The number of anilines is 1. The van der Waals surface area contributed by atoms with Crippen LogP contribution >= 0.6 is 31.2 Å². The van der Waals surface area contributed by atoms with Crippen molar-refractivity contribution in [2.75, 3.05) is 15.8 Å². The van der Waals surface area contributed by atoms with E-state index in [0.717, 1.165) is 12.0 Å². The van der Waals surface area contributed by atoms with Crippen LogP contribution in [0.25, 0.3) is 0 Å². The first-order valence-electron chi connectivity index (χ1n) is 10.6. The molecule has 1 saturated heterocycles. The average Bonchev–Trinajstić information content (AvgIpc) is 3.31. The van der Waals surface area contributed by atoms with Gasteiger partial charge in [0.05, 0.1) is 0 Å². The third-order valence-electron chi connectivity index (χ3n) is 5.89. The molecule has 9 heteroatoms. The summed E-state index contributed by atoms with van der Waals surface area (Å²) in [5.74, 6) is -0.0331. The molecule has 2 atom stereocenters. The van der Waals surface area contributed by atoms with Crippen molar-refractivity contribution in [2.45, 2.75) is 38.4 Å². The van der Waals surface area contributed by atoms with Crippen LogP contribution in [-0.2, 0) is 10.0 Å². The van der Waals surface area contributed by atoms with Crippen molar-refractivity contribution in [3.05, 3.63) is 70.3 Å². The summed E-state index contributed by atoms with van der Waals surface area (Å²) < 4.78 is 51.1. The number of rotatable bonds is 5. The molecule has 0 amide bonds. The van der Waals surface area contributed by atoms with Crippen molar-refractivity contribution in [2.24, 2.45) is 0 Å². The zero-order valence-corrected chi connectivity index (χ0v) is 21.1. The number of thiazole rings is 1. The predicted octanol–water partition coefficient (Wildman–Crippen LogP) is 6.34. The molecule has 0 unspecified atom stereocenters. The van der Waals surface area contributed by atoms with Gasteiger partial charge in [0, 0.05) is 0 Å². The second-order valence-corrected chi connectivity index (χ2v) is 16.8. The van der Waals surface area contributed by atoms with Gasteiger partial charge in [0.25, 0.3) is 0 Å². The first kappa shape index (κ1) is 22.1. The number of aromatic nitrogens is 1. The zero-order valence-electron chi connectivity index (χ0n) is 17.3. The number of nitrogens with one attached hydrogen (secondary N) is 1. The van der Waals surface area contributed by atoms with E-state index in [9.17, 15) is 8.42 Å². The van der Waals surface area contributed by atoms with Crippen LogP contribution in [0.4, 0.5) is 10.2 Å². The molecule has 0 radical (unpaired) electrons. The Morgan fingerprint density at radius 2 is 1.97 bits per heavy atom. The third-order valence-corrected chi connectivity index (χ3v) is 16.4. The minimum absolute atomic E-state index is 0.187. The Morgan fingerprint density at radius 3 is 2.75 bits per heavy atom. The molecule has 2 aromatic carbocycles. The van der Waals surface area contributed by atoms with Gasteiger partial charge in [-0.15, -0.1) is 0 Å². The van der Waals surface area contributed by atoms with Crippen molar-refractivity contribution < 1.29 is 17.5 Å². The summed E-state index contributed by atoms with van der Waals surface area (Å²) in [5.41, 5.74) is 3.78. The topological polar surface area (TPSA) is 68.3 Å². The number of hydrogen-bond donors (Lipinski definition) is 1. The summed E-state index contributed by atoms with van der Waals surface area (Å²) in [6.07, 6.45) is 4.53. The van der Waals surface area contributed by atoms with E-state index >= 15 is 4.39 Å². The van der Waals surface area contributed by atoms with Crippen molar-refractivity contribution in [3.63, 3.8) is 0 Å². The molecule has 2 aliphatic rings. The van der Waals surface area contributed by atoms with Gasteiger partial charge in [-0.3, -0.25) is 0 Å². The standard InChI is InChI=1S/C23H24FIN2O3S2/c24-18-12-17-20(25-10-5-4-8-19(25)16-6-2-1-3-7-16)9-11-30-21(17)13-22(18)32(28,29)27-23-14-31-15-26-23/h1-3,6-7,12-15,19-20,27H,4-5,8-11H2/t19-,20-/m0/s1. The van der Waals surface area contributed by atoms with Crippen molar-refractivity contribution in [3.8, 4) is 5.75 Å². The van der Waals surface area contributed by atoms with E-state index in [-0.39, 0.29) is 5.82 Å². The van der Waals surface area contributed by atoms with Crippen LogP contribution in [0, 0.1) is 5.82 Å². The number of nitrogens with zero attached hydrogens (tertiary/aromatic N) is 1. The van der Waals surface area contributed by atoms with Gasteiger partial charge in [-0.2, -0.15) is 0 Å². The van der Waals surface area contributed by atoms with Gasteiger partial charge in [-0.25, -0.2) is 0 Å². The minimum atomic E-state index is -4.09. The second kappa shape index (κ2) is 9.26. The van der Waals surface area contributed by atoms with Crippen molar-refractivity contribution >= 4 is 47.0 Å². The average molecular weight is 586 g/mol. The Morgan fingerprint density at radius 1 is 1.12 bits per heavy atom. The van der Waals surface area contributed by atoms with E-state index in [1.54, 1.807) is 5.38 Å². The van der Waals surface area contributed by atoms with Crippen LogP contribution in [0.1, 0.15) is 44.7 Å². The van der Waals surface area contributed by atoms with Crippen LogP contribution < -0.4 is 9.46 Å². The fourth-order valence-corrected chi connectivity index (χ4v) is 15.0. The molecule has 32 heavy (non-hydrogen) atoms. The predicted molar refractivity (Wildman–Crippen MR) is 134 cm³/mol. The van der Waals surface area contributed by atoms with Gasteiger partial charge < -0.3 is 0 Å². The number of fused-ring (bicyclic) bond motifs is 1. The second-order valence-electron chi connectivity index (χ2n) is 7.90. The molecule has 2 aliphatic heterocycles. The van der Waals surface area contributed by atoms with Crippen LogP contribution in [-0.4, -0.2) is 24.4 Å². The Bertz CT molecular complexity index is 1190. The van der Waals surface area contributed by atoms with E-state index < -0.39 is 40.6 Å². The summed E-state index contributed by atoms with van der Waals surface area (Å²) in [5, 5.41) is 1.57. The monoisotopic (exact) mass is 586 g/mol. The molecule has 3 heterocycles. The van der Waals surface area contributed by atoms with E-state index in [1.165, 1.54) is 58.2 Å². The first-order chi connectivity index (χ1) is 15.5. The quantitative estimate of drug-likeness (QED) is 0.280.